The van der Waals surface area contributed by atoms with Crippen molar-refractivity contribution >= 4 is 22.1 Å². The van der Waals surface area contributed by atoms with Gasteiger partial charge < -0.3 is 20.4 Å². The van der Waals surface area contributed by atoms with Crippen LogP contribution in [0.1, 0.15) is 5.56 Å². The van der Waals surface area contributed by atoms with Gasteiger partial charge in [-0.2, -0.15) is 8.42 Å². The Bertz CT molecular complexity index is 682. The predicted octanol–water partition coefficient (Wildman–Crippen LogP) is -0.684. The Morgan fingerprint density at radius 1 is 1.00 bits per heavy atom. The zero-order chi connectivity index (χ0) is 17.1. The first-order valence-electron chi connectivity index (χ1n) is 5.69. The smallest absolute Gasteiger partial charge is 0.317 e. The Balaban J connectivity index is 3.13. The van der Waals surface area contributed by atoms with Crippen molar-refractivity contribution in [2.75, 3.05) is 13.1 Å². The Labute approximate surface area is 124 Å². The number of phenols is 2. The summed E-state index contributed by atoms with van der Waals surface area (Å²) in [5, 5.41) is 36.6. The van der Waals surface area contributed by atoms with Crippen LogP contribution in [0.4, 0.5) is 0 Å². The van der Waals surface area contributed by atoms with Crippen molar-refractivity contribution < 1.29 is 43.0 Å². The summed E-state index contributed by atoms with van der Waals surface area (Å²) in [7, 11) is -4.75. The van der Waals surface area contributed by atoms with E-state index in [9.17, 15) is 28.2 Å². The molecule has 0 bridgehead atoms. The molecule has 5 N–H and O–H groups in total. The second-order valence-electron chi connectivity index (χ2n) is 4.33. The molecule has 0 aliphatic heterocycles. The molecule has 1 aromatic rings. The van der Waals surface area contributed by atoms with E-state index in [1.54, 1.807) is 0 Å². The summed E-state index contributed by atoms with van der Waals surface area (Å²) < 4.78 is 30.7. The van der Waals surface area contributed by atoms with Gasteiger partial charge in [0.25, 0.3) is 10.1 Å². The lowest BCUT2D eigenvalue weighted by Crippen LogP contribution is -2.34. The molecule has 0 saturated carbocycles. The van der Waals surface area contributed by atoms with E-state index >= 15 is 0 Å². The largest absolute Gasteiger partial charge is 0.504 e. The van der Waals surface area contributed by atoms with Crippen molar-refractivity contribution in [1.82, 2.24) is 4.90 Å². The normalized spacial score (nSPS) is 11.5. The average molecular weight is 335 g/mol. The Morgan fingerprint density at radius 2 is 1.50 bits per heavy atom. The fourth-order valence-electron chi connectivity index (χ4n) is 1.73. The van der Waals surface area contributed by atoms with E-state index in [1.807, 2.05) is 0 Å². The Hall–Kier alpha value is -2.37. The fraction of sp³-hybridized carbons (Fsp3) is 0.273. The Kier molecular flexibility index (Phi) is 5.30. The van der Waals surface area contributed by atoms with Crippen LogP contribution < -0.4 is 0 Å². The van der Waals surface area contributed by atoms with Crippen molar-refractivity contribution in [1.29, 1.82) is 0 Å². The van der Waals surface area contributed by atoms with Crippen LogP contribution in [-0.4, -0.2) is 63.3 Å². The quantitative estimate of drug-likeness (QED) is 0.317. The maximum Gasteiger partial charge on any atom is 0.317 e. The molecule has 0 aliphatic rings. The molecule has 1 rings (SSSR count). The van der Waals surface area contributed by atoms with Gasteiger partial charge in [0.1, 0.15) is 4.90 Å². The highest BCUT2D eigenvalue weighted by molar-refractivity contribution is 7.86. The van der Waals surface area contributed by atoms with Gasteiger partial charge in [0, 0.05) is 12.1 Å². The van der Waals surface area contributed by atoms with Crippen molar-refractivity contribution in [3.63, 3.8) is 0 Å². The number of carboxylic acids is 2. The predicted molar refractivity (Wildman–Crippen MR) is 70.1 cm³/mol. The van der Waals surface area contributed by atoms with Crippen molar-refractivity contribution in [2.45, 2.75) is 11.4 Å². The van der Waals surface area contributed by atoms with Crippen LogP contribution >= 0.6 is 0 Å². The van der Waals surface area contributed by atoms with Crippen molar-refractivity contribution in [3.05, 3.63) is 17.7 Å². The lowest BCUT2D eigenvalue weighted by molar-refractivity contribution is -0.142. The van der Waals surface area contributed by atoms with Gasteiger partial charge in [0.2, 0.25) is 0 Å². The number of hydrogen-bond acceptors (Lipinski definition) is 7. The van der Waals surface area contributed by atoms with E-state index in [0.29, 0.717) is 0 Å². The van der Waals surface area contributed by atoms with Crippen LogP contribution in [0, 0.1) is 0 Å². The summed E-state index contributed by atoms with van der Waals surface area (Å²) in [6.07, 6.45) is 0. The molecule has 0 radical (unpaired) electrons. The molecule has 0 heterocycles. The first-order chi connectivity index (χ1) is 10.0. The maximum atomic E-state index is 10.9. The van der Waals surface area contributed by atoms with Crippen LogP contribution in [0.25, 0.3) is 0 Å². The number of aliphatic carboxylic acids is 2. The molecule has 10 nitrogen and oxygen atoms in total. The molecule has 0 saturated heterocycles. The van der Waals surface area contributed by atoms with E-state index in [1.165, 1.54) is 0 Å². The van der Waals surface area contributed by atoms with E-state index in [0.717, 1.165) is 17.0 Å². The lowest BCUT2D eigenvalue weighted by Gasteiger charge is -2.19. The molecule has 0 amide bonds. The van der Waals surface area contributed by atoms with Crippen LogP contribution in [0.15, 0.2) is 17.0 Å². The molecule has 122 valence electrons. The highest BCUT2D eigenvalue weighted by Crippen LogP contribution is 2.35. The minimum Gasteiger partial charge on any atom is -0.504 e. The minimum atomic E-state index is -4.75. The second-order valence-corrected chi connectivity index (χ2v) is 5.72. The molecule has 0 aliphatic carbocycles. The third kappa shape index (κ3) is 4.58. The number of hydrogen-bond donors (Lipinski definition) is 5. The highest BCUT2D eigenvalue weighted by Gasteiger charge is 2.22. The number of benzene rings is 1. The van der Waals surface area contributed by atoms with Gasteiger partial charge in [-0.15, -0.1) is 0 Å². The summed E-state index contributed by atoms with van der Waals surface area (Å²) in [5.41, 5.74) is -0.104. The second kappa shape index (κ2) is 6.60. The van der Waals surface area contributed by atoms with E-state index in [4.69, 9.17) is 14.8 Å². The summed E-state index contributed by atoms with van der Waals surface area (Å²) in [6, 6.07) is 1.83. The van der Waals surface area contributed by atoms with Crippen LogP contribution in [0.5, 0.6) is 11.5 Å². The number of nitrogens with zero attached hydrogens (tertiary/aromatic N) is 1. The van der Waals surface area contributed by atoms with Gasteiger partial charge >= 0.3 is 11.9 Å². The molecule has 0 spiro atoms. The SMILES string of the molecule is O=C(O)CN(CC(=O)O)Cc1ccc(S(=O)(=O)O)c(O)c1O. The number of aromatic hydroxyl groups is 2. The van der Waals surface area contributed by atoms with Crippen LogP contribution in [-0.2, 0) is 26.3 Å². The summed E-state index contributed by atoms with van der Waals surface area (Å²) in [5.74, 6) is -4.61. The molecule has 0 atom stereocenters. The summed E-state index contributed by atoms with van der Waals surface area (Å²) >= 11 is 0. The zero-order valence-electron chi connectivity index (χ0n) is 11.0. The zero-order valence-corrected chi connectivity index (χ0v) is 11.8. The molecule has 11 heteroatoms. The fourth-order valence-corrected chi connectivity index (χ4v) is 2.31. The highest BCUT2D eigenvalue weighted by atomic mass is 32.2. The van der Waals surface area contributed by atoms with Crippen molar-refractivity contribution in [2.24, 2.45) is 0 Å². The van der Waals surface area contributed by atoms with E-state index in [2.05, 4.69) is 0 Å². The van der Waals surface area contributed by atoms with Crippen LogP contribution in [0.2, 0.25) is 0 Å². The molecule has 0 fully saturated rings. The number of rotatable bonds is 7. The average Bonchev–Trinajstić information content (AvgIpc) is 2.31. The van der Waals surface area contributed by atoms with Crippen LogP contribution in [0.3, 0.4) is 0 Å². The topological polar surface area (TPSA) is 173 Å². The van der Waals surface area contributed by atoms with Crippen molar-refractivity contribution in [3.8, 4) is 11.5 Å². The molecule has 0 unspecified atom stereocenters. The molecular formula is C11H13NO9S. The number of carboxylic acid groups (broad SMARTS) is 2. The minimum absolute atomic E-state index is 0.104. The number of carbonyl (C=O) groups is 2. The maximum absolute atomic E-state index is 10.9. The molecule has 22 heavy (non-hydrogen) atoms. The van der Waals surface area contributed by atoms with Gasteiger partial charge in [0.15, 0.2) is 11.5 Å². The third-order valence-electron chi connectivity index (χ3n) is 2.59. The van der Waals surface area contributed by atoms with Gasteiger partial charge in [-0.25, -0.2) is 0 Å². The van der Waals surface area contributed by atoms with Gasteiger partial charge in [-0.3, -0.25) is 19.0 Å². The third-order valence-corrected chi connectivity index (χ3v) is 3.47. The first kappa shape index (κ1) is 17.7. The van der Waals surface area contributed by atoms with Gasteiger partial charge in [-0.05, 0) is 6.07 Å². The van der Waals surface area contributed by atoms with Gasteiger partial charge in [0.05, 0.1) is 13.1 Å². The Morgan fingerprint density at radius 3 is 1.91 bits per heavy atom. The van der Waals surface area contributed by atoms with E-state index < -0.39 is 51.5 Å². The summed E-state index contributed by atoms with van der Waals surface area (Å²) in [4.78, 5) is 21.3. The lowest BCUT2D eigenvalue weighted by atomic mass is 10.1. The molecular weight excluding hydrogens is 322 g/mol. The number of phenolic OH excluding ortho intramolecular Hbond substituents is 2. The van der Waals surface area contributed by atoms with Gasteiger partial charge in [-0.1, -0.05) is 6.07 Å². The standard InChI is InChI=1S/C11H13NO9S/c13-8(14)4-12(5-9(15)16)3-6-1-2-7(22(19,20)21)11(18)10(6)17/h1-2,17-18H,3-5H2,(H,13,14)(H,15,16)(H,19,20,21). The summed E-state index contributed by atoms with van der Waals surface area (Å²) in [6.45, 7) is -1.66. The van der Waals surface area contributed by atoms with E-state index in [-0.39, 0.29) is 12.1 Å². The molecule has 0 aromatic heterocycles. The monoisotopic (exact) mass is 335 g/mol. The molecule has 1 aromatic carbocycles. The first-order valence-corrected chi connectivity index (χ1v) is 7.13.